The molecule has 1 unspecified atom stereocenters. The number of hydrogen-bond acceptors (Lipinski definition) is 6. The monoisotopic (exact) mass is 366 g/mol. The molecule has 3 aromatic heterocycles. The zero-order chi connectivity index (χ0) is 18.1. The van der Waals surface area contributed by atoms with E-state index < -0.39 is 0 Å². The molecule has 4 aromatic rings. The van der Waals surface area contributed by atoms with Gasteiger partial charge in [0.25, 0.3) is 5.56 Å². The maximum Gasteiger partial charge on any atom is 0.275 e. The highest BCUT2D eigenvalue weighted by Gasteiger charge is 2.10. The molecule has 0 saturated heterocycles. The highest BCUT2D eigenvalue weighted by Crippen LogP contribution is 2.17. The SMILES string of the molecule is Cc1cc(=O)n2nc(CNC(C)c3ccc(-n4ccnc4)cc3)sc2n1. The number of fused-ring (bicyclic) bond motifs is 1. The van der Waals surface area contributed by atoms with Gasteiger partial charge in [0.1, 0.15) is 5.01 Å². The van der Waals surface area contributed by atoms with E-state index >= 15 is 0 Å². The van der Waals surface area contributed by atoms with E-state index in [1.54, 1.807) is 12.5 Å². The lowest BCUT2D eigenvalue weighted by atomic mass is 10.1. The predicted molar refractivity (Wildman–Crippen MR) is 101 cm³/mol. The Labute approximate surface area is 154 Å². The van der Waals surface area contributed by atoms with Gasteiger partial charge in [0.2, 0.25) is 4.96 Å². The van der Waals surface area contributed by atoms with Crippen molar-refractivity contribution < 1.29 is 0 Å². The zero-order valence-electron chi connectivity index (χ0n) is 14.5. The van der Waals surface area contributed by atoms with Crippen LogP contribution in [0.1, 0.15) is 29.2 Å². The van der Waals surface area contributed by atoms with E-state index in [1.807, 2.05) is 17.7 Å². The minimum absolute atomic E-state index is 0.141. The van der Waals surface area contributed by atoms with E-state index in [1.165, 1.54) is 27.5 Å². The van der Waals surface area contributed by atoms with E-state index in [-0.39, 0.29) is 11.6 Å². The first kappa shape index (κ1) is 16.6. The average Bonchev–Trinajstić information content (AvgIpc) is 3.29. The summed E-state index contributed by atoms with van der Waals surface area (Å²) < 4.78 is 3.33. The summed E-state index contributed by atoms with van der Waals surface area (Å²) in [6.45, 7) is 4.50. The van der Waals surface area contributed by atoms with Crippen LogP contribution in [0.2, 0.25) is 0 Å². The number of aryl methyl sites for hydroxylation is 1. The summed E-state index contributed by atoms with van der Waals surface area (Å²) in [6, 6.07) is 9.99. The summed E-state index contributed by atoms with van der Waals surface area (Å²) in [5, 5.41) is 8.64. The van der Waals surface area contributed by atoms with Crippen molar-refractivity contribution in [1.82, 2.24) is 29.5 Å². The normalized spacial score (nSPS) is 12.5. The fraction of sp³-hybridized carbons (Fsp3) is 0.222. The molecule has 132 valence electrons. The third-order valence-corrected chi connectivity index (χ3v) is 5.08. The Hall–Kier alpha value is -2.84. The van der Waals surface area contributed by atoms with E-state index in [9.17, 15) is 4.79 Å². The minimum atomic E-state index is -0.141. The van der Waals surface area contributed by atoms with E-state index in [4.69, 9.17) is 0 Å². The summed E-state index contributed by atoms with van der Waals surface area (Å²) in [5.41, 5.74) is 2.83. The molecule has 0 bridgehead atoms. The number of aromatic nitrogens is 5. The van der Waals surface area contributed by atoms with Crippen molar-refractivity contribution in [3.63, 3.8) is 0 Å². The van der Waals surface area contributed by atoms with Crippen molar-refractivity contribution in [1.29, 1.82) is 0 Å². The molecule has 0 amide bonds. The van der Waals surface area contributed by atoms with Gasteiger partial charge >= 0.3 is 0 Å². The van der Waals surface area contributed by atoms with Gasteiger partial charge in [-0.1, -0.05) is 23.5 Å². The van der Waals surface area contributed by atoms with Crippen LogP contribution in [-0.4, -0.2) is 24.1 Å². The Bertz CT molecular complexity index is 1080. The van der Waals surface area contributed by atoms with Gasteiger partial charge in [-0.05, 0) is 31.5 Å². The Morgan fingerprint density at radius 2 is 2.08 bits per heavy atom. The largest absolute Gasteiger partial charge is 0.306 e. The standard InChI is InChI=1S/C18H18N6OS/c1-12-9-17(25)24-18(21-12)26-16(22-24)10-20-13(2)14-3-5-15(6-4-14)23-8-7-19-11-23/h3-9,11,13,20H,10H2,1-2H3. The summed E-state index contributed by atoms with van der Waals surface area (Å²) in [6.07, 6.45) is 5.46. The molecule has 0 aliphatic rings. The predicted octanol–water partition coefficient (Wildman–Crippen LogP) is 2.50. The van der Waals surface area contributed by atoms with Gasteiger partial charge in [-0.15, -0.1) is 0 Å². The van der Waals surface area contributed by atoms with Gasteiger partial charge in [0.15, 0.2) is 0 Å². The molecule has 0 fully saturated rings. The molecule has 7 nitrogen and oxygen atoms in total. The van der Waals surface area contributed by atoms with Crippen LogP contribution in [0, 0.1) is 6.92 Å². The van der Waals surface area contributed by atoms with Crippen molar-refractivity contribution in [3.05, 3.63) is 75.7 Å². The Balaban J connectivity index is 1.46. The van der Waals surface area contributed by atoms with Crippen molar-refractivity contribution in [2.45, 2.75) is 26.4 Å². The second kappa shape index (κ2) is 6.81. The molecule has 0 aliphatic carbocycles. The van der Waals surface area contributed by atoms with Gasteiger partial charge in [-0.3, -0.25) is 4.79 Å². The highest BCUT2D eigenvalue weighted by molar-refractivity contribution is 7.16. The molecule has 0 radical (unpaired) electrons. The smallest absolute Gasteiger partial charge is 0.275 e. The Morgan fingerprint density at radius 3 is 2.81 bits per heavy atom. The molecule has 0 saturated carbocycles. The van der Waals surface area contributed by atoms with Crippen LogP contribution >= 0.6 is 11.3 Å². The van der Waals surface area contributed by atoms with Crippen molar-refractivity contribution >= 4 is 16.3 Å². The van der Waals surface area contributed by atoms with E-state index in [2.05, 4.69) is 51.6 Å². The number of rotatable bonds is 5. The molecule has 8 heteroatoms. The summed E-state index contributed by atoms with van der Waals surface area (Å²) >= 11 is 1.43. The third kappa shape index (κ3) is 3.29. The first-order chi connectivity index (χ1) is 12.6. The summed E-state index contributed by atoms with van der Waals surface area (Å²) in [5.74, 6) is 0. The zero-order valence-corrected chi connectivity index (χ0v) is 15.3. The van der Waals surface area contributed by atoms with Crippen LogP contribution in [0.5, 0.6) is 0 Å². The van der Waals surface area contributed by atoms with Crippen LogP contribution in [0.25, 0.3) is 10.6 Å². The van der Waals surface area contributed by atoms with Gasteiger partial charge < -0.3 is 9.88 Å². The van der Waals surface area contributed by atoms with Crippen LogP contribution < -0.4 is 10.9 Å². The highest BCUT2D eigenvalue weighted by atomic mass is 32.1. The Kier molecular flexibility index (Phi) is 4.36. The van der Waals surface area contributed by atoms with Gasteiger partial charge in [-0.2, -0.15) is 9.61 Å². The van der Waals surface area contributed by atoms with Gasteiger partial charge in [0.05, 0.1) is 12.9 Å². The number of benzene rings is 1. The molecule has 3 heterocycles. The lowest BCUT2D eigenvalue weighted by Gasteiger charge is -2.13. The number of nitrogens with one attached hydrogen (secondary N) is 1. The fourth-order valence-corrected chi connectivity index (χ4v) is 3.63. The Morgan fingerprint density at radius 1 is 1.27 bits per heavy atom. The average molecular weight is 366 g/mol. The molecular weight excluding hydrogens is 348 g/mol. The van der Waals surface area contributed by atoms with Crippen molar-refractivity contribution in [2.75, 3.05) is 0 Å². The second-order valence-corrected chi connectivity index (χ2v) is 7.13. The van der Waals surface area contributed by atoms with Crippen LogP contribution in [0.15, 0.2) is 53.8 Å². The summed E-state index contributed by atoms with van der Waals surface area (Å²) in [4.78, 5) is 21.0. The first-order valence-electron chi connectivity index (χ1n) is 8.28. The van der Waals surface area contributed by atoms with E-state index in [0.29, 0.717) is 17.2 Å². The number of imidazole rings is 1. The molecule has 0 spiro atoms. The maximum absolute atomic E-state index is 11.9. The molecule has 1 aromatic carbocycles. The topological polar surface area (TPSA) is 77.1 Å². The second-order valence-electron chi connectivity index (χ2n) is 6.09. The molecule has 26 heavy (non-hydrogen) atoms. The molecular formula is C18H18N6OS. The van der Waals surface area contributed by atoms with E-state index in [0.717, 1.165) is 10.7 Å². The quantitative estimate of drug-likeness (QED) is 0.587. The third-order valence-electron chi connectivity index (χ3n) is 4.17. The molecule has 0 aliphatic heterocycles. The number of hydrogen-bond donors (Lipinski definition) is 1. The lowest BCUT2D eigenvalue weighted by molar-refractivity contribution is 0.569. The molecule has 4 rings (SSSR count). The van der Waals surface area contributed by atoms with Gasteiger partial charge in [0, 0.05) is 35.9 Å². The lowest BCUT2D eigenvalue weighted by Crippen LogP contribution is -2.19. The van der Waals surface area contributed by atoms with Crippen LogP contribution in [0.4, 0.5) is 0 Å². The number of nitrogens with zero attached hydrogens (tertiary/aromatic N) is 5. The van der Waals surface area contributed by atoms with Crippen molar-refractivity contribution in [3.8, 4) is 5.69 Å². The molecule has 1 atom stereocenters. The fourth-order valence-electron chi connectivity index (χ4n) is 2.74. The van der Waals surface area contributed by atoms with Crippen molar-refractivity contribution in [2.24, 2.45) is 0 Å². The first-order valence-corrected chi connectivity index (χ1v) is 9.10. The van der Waals surface area contributed by atoms with Crippen LogP contribution in [-0.2, 0) is 6.54 Å². The minimum Gasteiger partial charge on any atom is -0.306 e. The van der Waals surface area contributed by atoms with Crippen LogP contribution in [0.3, 0.4) is 0 Å². The molecule has 1 N–H and O–H groups in total. The summed E-state index contributed by atoms with van der Waals surface area (Å²) in [7, 11) is 0. The van der Waals surface area contributed by atoms with Gasteiger partial charge in [-0.25, -0.2) is 9.97 Å². The maximum atomic E-state index is 11.9.